The first kappa shape index (κ1) is 12.2. The predicted octanol–water partition coefficient (Wildman–Crippen LogP) is 3.76. The van der Waals surface area contributed by atoms with Gasteiger partial charge in [0.15, 0.2) is 5.78 Å². The van der Waals surface area contributed by atoms with Crippen LogP contribution in [0, 0.1) is 17.3 Å². The molecule has 0 aromatic carbocycles. The van der Waals surface area contributed by atoms with Gasteiger partial charge >= 0.3 is 0 Å². The molecule has 84 valence electrons. The molecule has 0 aromatic rings. The molecule has 2 atom stereocenters. The summed E-state index contributed by atoms with van der Waals surface area (Å²) in [5.74, 6) is 1.21. The summed E-state index contributed by atoms with van der Waals surface area (Å²) in [5, 5.41) is 0. The standard InChI is InChI=1S/C14H22O/c1-10-8-11(2)13(7-6-12(3)15)14(4,5)9-10/h6-8,10,13H,9H2,1-5H3. The zero-order valence-corrected chi connectivity index (χ0v) is 10.5. The third-order valence-corrected chi connectivity index (χ3v) is 3.25. The van der Waals surface area contributed by atoms with Crippen LogP contribution >= 0.6 is 0 Å². The molecule has 1 rings (SSSR count). The lowest BCUT2D eigenvalue weighted by Gasteiger charge is -2.39. The molecule has 15 heavy (non-hydrogen) atoms. The molecule has 0 saturated heterocycles. The highest BCUT2D eigenvalue weighted by Crippen LogP contribution is 2.43. The number of ketones is 1. The second-order valence-electron chi connectivity index (χ2n) is 5.53. The van der Waals surface area contributed by atoms with Gasteiger partial charge in [0, 0.05) is 5.92 Å². The number of carbonyl (C=O) groups is 1. The van der Waals surface area contributed by atoms with Crippen molar-refractivity contribution < 1.29 is 4.79 Å². The molecule has 0 N–H and O–H groups in total. The van der Waals surface area contributed by atoms with Crippen LogP contribution in [0.5, 0.6) is 0 Å². The first-order chi connectivity index (χ1) is 6.83. The molecule has 0 saturated carbocycles. The van der Waals surface area contributed by atoms with Crippen molar-refractivity contribution in [1.29, 1.82) is 0 Å². The molecule has 0 radical (unpaired) electrons. The second-order valence-corrected chi connectivity index (χ2v) is 5.53. The average Bonchev–Trinajstić information content (AvgIpc) is 1.98. The van der Waals surface area contributed by atoms with Crippen LogP contribution in [-0.4, -0.2) is 5.78 Å². The summed E-state index contributed by atoms with van der Waals surface area (Å²) in [6.07, 6.45) is 7.30. The number of rotatable bonds is 2. The van der Waals surface area contributed by atoms with Crippen molar-refractivity contribution in [3.8, 4) is 0 Å². The van der Waals surface area contributed by atoms with E-state index < -0.39 is 0 Å². The molecule has 0 heterocycles. The minimum atomic E-state index is 0.136. The second kappa shape index (κ2) is 4.34. The molecule has 1 aliphatic rings. The Kier molecular flexibility index (Phi) is 3.54. The number of allylic oxidation sites excluding steroid dienone is 4. The molecule has 0 spiro atoms. The van der Waals surface area contributed by atoms with Crippen molar-refractivity contribution in [3.05, 3.63) is 23.8 Å². The summed E-state index contributed by atoms with van der Waals surface area (Å²) in [6.45, 7) is 10.6. The van der Waals surface area contributed by atoms with Crippen LogP contribution < -0.4 is 0 Å². The Labute approximate surface area is 93.3 Å². The van der Waals surface area contributed by atoms with E-state index in [0.29, 0.717) is 11.8 Å². The van der Waals surface area contributed by atoms with Crippen molar-refractivity contribution >= 4 is 5.78 Å². The van der Waals surface area contributed by atoms with Crippen molar-refractivity contribution in [1.82, 2.24) is 0 Å². The Morgan fingerprint density at radius 1 is 1.53 bits per heavy atom. The maximum absolute atomic E-state index is 11.0. The summed E-state index contributed by atoms with van der Waals surface area (Å²) >= 11 is 0. The first-order valence-electron chi connectivity index (χ1n) is 5.70. The average molecular weight is 206 g/mol. The largest absolute Gasteiger partial charge is 0.295 e. The predicted molar refractivity (Wildman–Crippen MR) is 64.6 cm³/mol. The van der Waals surface area contributed by atoms with Gasteiger partial charge < -0.3 is 0 Å². The Morgan fingerprint density at radius 3 is 2.60 bits per heavy atom. The van der Waals surface area contributed by atoms with Gasteiger partial charge in [0.25, 0.3) is 0 Å². The van der Waals surface area contributed by atoms with E-state index >= 15 is 0 Å². The molecule has 0 aromatic heterocycles. The first-order valence-corrected chi connectivity index (χ1v) is 5.70. The molecule has 1 nitrogen and oxygen atoms in total. The number of hydrogen-bond acceptors (Lipinski definition) is 1. The minimum Gasteiger partial charge on any atom is -0.295 e. The summed E-state index contributed by atoms with van der Waals surface area (Å²) in [6, 6.07) is 0. The Balaban J connectivity index is 2.94. The van der Waals surface area contributed by atoms with Crippen molar-refractivity contribution in [2.75, 3.05) is 0 Å². The van der Waals surface area contributed by atoms with E-state index in [2.05, 4.69) is 39.8 Å². The van der Waals surface area contributed by atoms with Crippen LogP contribution in [0.1, 0.15) is 41.0 Å². The molecular weight excluding hydrogens is 184 g/mol. The number of hydrogen-bond donors (Lipinski definition) is 0. The van der Waals surface area contributed by atoms with E-state index in [9.17, 15) is 4.79 Å². The summed E-state index contributed by atoms with van der Waals surface area (Å²) in [5.41, 5.74) is 1.67. The summed E-state index contributed by atoms with van der Waals surface area (Å²) in [4.78, 5) is 11.0. The summed E-state index contributed by atoms with van der Waals surface area (Å²) < 4.78 is 0. The molecule has 2 unspecified atom stereocenters. The van der Waals surface area contributed by atoms with Gasteiger partial charge in [-0.2, -0.15) is 0 Å². The van der Waals surface area contributed by atoms with E-state index in [1.54, 1.807) is 13.0 Å². The smallest absolute Gasteiger partial charge is 0.152 e. The molecule has 0 amide bonds. The Morgan fingerprint density at radius 2 is 2.13 bits per heavy atom. The van der Waals surface area contributed by atoms with E-state index in [1.807, 2.05) is 0 Å². The Hall–Kier alpha value is -0.850. The van der Waals surface area contributed by atoms with E-state index in [-0.39, 0.29) is 11.2 Å². The van der Waals surface area contributed by atoms with Gasteiger partial charge in [0.05, 0.1) is 0 Å². The van der Waals surface area contributed by atoms with Crippen LogP contribution in [0.15, 0.2) is 23.8 Å². The van der Waals surface area contributed by atoms with Crippen molar-refractivity contribution in [3.63, 3.8) is 0 Å². The van der Waals surface area contributed by atoms with Crippen molar-refractivity contribution in [2.24, 2.45) is 17.3 Å². The highest BCUT2D eigenvalue weighted by atomic mass is 16.1. The quantitative estimate of drug-likeness (QED) is 0.496. The molecule has 0 aliphatic heterocycles. The maximum Gasteiger partial charge on any atom is 0.152 e. The lowest BCUT2D eigenvalue weighted by Crippen LogP contribution is -2.29. The van der Waals surface area contributed by atoms with Crippen LogP contribution in [0.4, 0.5) is 0 Å². The molecule has 1 heteroatoms. The lowest BCUT2D eigenvalue weighted by molar-refractivity contribution is -0.112. The molecule has 1 aliphatic carbocycles. The van der Waals surface area contributed by atoms with E-state index in [0.717, 1.165) is 0 Å². The third kappa shape index (κ3) is 3.05. The zero-order valence-electron chi connectivity index (χ0n) is 10.5. The highest BCUT2D eigenvalue weighted by molar-refractivity contribution is 5.87. The van der Waals surface area contributed by atoms with Gasteiger partial charge in [0.1, 0.15) is 0 Å². The normalized spacial score (nSPS) is 30.3. The van der Waals surface area contributed by atoms with Gasteiger partial charge in [0.2, 0.25) is 0 Å². The van der Waals surface area contributed by atoms with Crippen molar-refractivity contribution in [2.45, 2.75) is 41.0 Å². The van der Waals surface area contributed by atoms with E-state index in [1.165, 1.54) is 12.0 Å². The fourth-order valence-electron chi connectivity index (χ4n) is 2.83. The van der Waals surface area contributed by atoms with E-state index in [4.69, 9.17) is 0 Å². The van der Waals surface area contributed by atoms with Crippen LogP contribution in [-0.2, 0) is 4.79 Å². The SMILES string of the molecule is CC(=O)C=CC1C(C)=CC(C)CC1(C)C. The molecule has 0 bridgehead atoms. The fourth-order valence-corrected chi connectivity index (χ4v) is 2.83. The van der Waals surface area contributed by atoms with Gasteiger partial charge in [-0.1, -0.05) is 38.5 Å². The van der Waals surface area contributed by atoms with Crippen LogP contribution in [0.3, 0.4) is 0 Å². The Bertz CT molecular complexity index is 307. The minimum absolute atomic E-state index is 0.136. The highest BCUT2D eigenvalue weighted by Gasteiger charge is 2.33. The topological polar surface area (TPSA) is 17.1 Å². The lowest BCUT2D eigenvalue weighted by atomic mass is 9.66. The summed E-state index contributed by atoms with van der Waals surface area (Å²) in [7, 11) is 0. The molecule has 0 fully saturated rings. The fraction of sp³-hybridized carbons (Fsp3) is 0.643. The monoisotopic (exact) mass is 206 g/mol. The van der Waals surface area contributed by atoms with Gasteiger partial charge in [-0.15, -0.1) is 0 Å². The van der Waals surface area contributed by atoms with Gasteiger partial charge in [-0.3, -0.25) is 4.79 Å². The van der Waals surface area contributed by atoms with Crippen LogP contribution in [0.2, 0.25) is 0 Å². The third-order valence-electron chi connectivity index (χ3n) is 3.25. The van der Waals surface area contributed by atoms with Gasteiger partial charge in [-0.05, 0) is 37.7 Å². The van der Waals surface area contributed by atoms with Crippen LogP contribution in [0.25, 0.3) is 0 Å². The zero-order chi connectivity index (χ0) is 11.6. The maximum atomic E-state index is 11.0. The number of carbonyl (C=O) groups excluding carboxylic acids is 1. The van der Waals surface area contributed by atoms with Gasteiger partial charge in [-0.25, -0.2) is 0 Å². The molecular formula is C14H22O.